The Morgan fingerprint density at radius 2 is 2.00 bits per heavy atom. The van der Waals surface area contributed by atoms with E-state index in [1.807, 2.05) is 11.8 Å². The van der Waals surface area contributed by atoms with Gasteiger partial charge in [-0.2, -0.15) is 11.8 Å². The number of hydrogen-bond acceptors (Lipinski definition) is 3. The molecule has 0 amide bonds. The normalized spacial score (nSPS) is 21.7. The van der Waals surface area contributed by atoms with E-state index in [-0.39, 0.29) is 5.54 Å². The fraction of sp³-hybridized carbons (Fsp3) is 1.00. The fourth-order valence-corrected chi connectivity index (χ4v) is 2.98. The summed E-state index contributed by atoms with van der Waals surface area (Å²) in [5.41, 5.74) is 0.269. The van der Waals surface area contributed by atoms with Gasteiger partial charge >= 0.3 is 0 Å². The quantitative estimate of drug-likeness (QED) is 0.683. The summed E-state index contributed by atoms with van der Waals surface area (Å²) in [5.74, 6) is 2.20. The predicted molar refractivity (Wildman–Crippen MR) is 84.5 cm³/mol. The van der Waals surface area contributed by atoms with Crippen LogP contribution in [-0.4, -0.2) is 48.6 Å². The zero-order valence-electron chi connectivity index (χ0n) is 12.8. The molecule has 0 aromatic heterocycles. The molecule has 0 aromatic rings. The lowest BCUT2D eigenvalue weighted by atomic mass is 10.1. The zero-order chi connectivity index (χ0) is 13.4. The van der Waals surface area contributed by atoms with Crippen molar-refractivity contribution in [3.63, 3.8) is 0 Å². The van der Waals surface area contributed by atoms with Crippen molar-refractivity contribution in [1.82, 2.24) is 10.2 Å². The van der Waals surface area contributed by atoms with Crippen LogP contribution < -0.4 is 5.32 Å². The van der Waals surface area contributed by atoms with E-state index >= 15 is 0 Å². The Labute approximate surface area is 118 Å². The minimum atomic E-state index is 0.269. The lowest BCUT2D eigenvalue weighted by molar-refractivity contribution is 0.305. The van der Waals surface area contributed by atoms with Crippen LogP contribution in [0.4, 0.5) is 0 Å². The molecule has 1 aliphatic heterocycles. The van der Waals surface area contributed by atoms with Gasteiger partial charge in [0.2, 0.25) is 0 Å². The molecule has 0 spiro atoms. The molecule has 1 heterocycles. The summed E-state index contributed by atoms with van der Waals surface area (Å²) in [6.07, 6.45) is 7.77. The van der Waals surface area contributed by atoms with Gasteiger partial charge in [-0.05, 0) is 77.6 Å². The maximum absolute atomic E-state index is 3.64. The van der Waals surface area contributed by atoms with Gasteiger partial charge in [-0.1, -0.05) is 6.42 Å². The highest BCUT2D eigenvalue weighted by Gasteiger charge is 2.23. The Hall–Kier alpha value is 0.270. The van der Waals surface area contributed by atoms with Gasteiger partial charge in [0.05, 0.1) is 0 Å². The molecule has 0 aliphatic carbocycles. The molecular weight excluding hydrogens is 240 g/mol. The van der Waals surface area contributed by atoms with Crippen molar-refractivity contribution in [3.05, 3.63) is 0 Å². The molecule has 0 radical (unpaired) electrons. The molecule has 1 rings (SSSR count). The highest BCUT2D eigenvalue weighted by molar-refractivity contribution is 7.98. The van der Waals surface area contributed by atoms with Crippen LogP contribution in [-0.2, 0) is 0 Å². The Kier molecular flexibility index (Phi) is 7.66. The Morgan fingerprint density at radius 1 is 1.22 bits per heavy atom. The van der Waals surface area contributed by atoms with Gasteiger partial charge < -0.3 is 10.2 Å². The van der Waals surface area contributed by atoms with Crippen molar-refractivity contribution in [2.24, 2.45) is 5.92 Å². The molecule has 18 heavy (non-hydrogen) atoms. The van der Waals surface area contributed by atoms with E-state index in [2.05, 4.69) is 37.2 Å². The summed E-state index contributed by atoms with van der Waals surface area (Å²) in [7, 11) is 0. The first-order chi connectivity index (χ1) is 8.51. The van der Waals surface area contributed by atoms with Crippen molar-refractivity contribution in [2.45, 2.75) is 52.0 Å². The van der Waals surface area contributed by atoms with E-state index in [9.17, 15) is 0 Å². The van der Waals surface area contributed by atoms with Gasteiger partial charge in [-0.15, -0.1) is 0 Å². The molecule has 1 N–H and O–H groups in total. The number of nitrogens with one attached hydrogen (secondary N) is 1. The minimum Gasteiger partial charge on any atom is -0.312 e. The third-order valence-electron chi connectivity index (χ3n) is 3.61. The monoisotopic (exact) mass is 272 g/mol. The summed E-state index contributed by atoms with van der Waals surface area (Å²) in [5, 5.41) is 3.64. The van der Waals surface area contributed by atoms with Crippen molar-refractivity contribution < 1.29 is 0 Å². The van der Waals surface area contributed by atoms with Crippen LogP contribution >= 0.6 is 11.8 Å². The van der Waals surface area contributed by atoms with Crippen molar-refractivity contribution in [2.75, 3.05) is 38.2 Å². The van der Waals surface area contributed by atoms with Gasteiger partial charge in [0.1, 0.15) is 0 Å². The lowest BCUT2D eigenvalue weighted by Gasteiger charge is -2.23. The molecule has 0 bridgehead atoms. The largest absolute Gasteiger partial charge is 0.312 e. The molecule has 0 aromatic carbocycles. The van der Waals surface area contributed by atoms with E-state index in [4.69, 9.17) is 0 Å². The van der Waals surface area contributed by atoms with Gasteiger partial charge in [0, 0.05) is 12.1 Å². The van der Waals surface area contributed by atoms with Crippen LogP contribution in [0.3, 0.4) is 0 Å². The molecular formula is C15H32N2S. The van der Waals surface area contributed by atoms with Crippen LogP contribution in [0.2, 0.25) is 0 Å². The van der Waals surface area contributed by atoms with Crippen LogP contribution in [0.25, 0.3) is 0 Å². The number of nitrogens with zero attached hydrogens (tertiary/aromatic N) is 1. The molecule has 1 fully saturated rings. The summed E-state index contributed by atoms with van der Waals surface area (Å²) >= 11 is 1.97. The minimum absolute atomic E-state index is 0.269. The van der Waals surface area contributed by atoms with E-state index in [0.717, 1.165) is 5.92 Å². The molecule has 1 unspecified atom stereocenters. The van der Waals surface area contributed by atoms with E-state index in [1.54, 1.807) is 0 Å². The average Bonchev–Trinajstić information content (AvgIpc) is 2.73. The number of rotatable bonds is 8. The zero-order valence-corrected chi connectivity index (χ0v) is 13.6. The Morgan fingerprint density at radius 3 is 2.67 bits per heavy atom. The van der Waals surface area contributed by atoms with Crippen LogP contribution in [0.15, 0.2) is 0 Å². The second-order valence-corrected chi connectivity index (χ2v) is 7.63. The second kappa shape index (κ2) is 8.44. The molecule has 0 saturated carbocycles. The van der Waals surface area contributed by atoms with E-state index in [1.165, 1.54) is 57.6 Å². The van der Waals surface area contributed by atoms with Crippen LogP contribution in [0, 0.1) is 5.92 Å². The third-order valence-corrected chi connectivity index (χ3v) is 4.31. The number of unbranched alkanes of at least 4 members (excludes halogenated alkanes) is 2. The first kappa shape index (κ1) is 16.3. The molecule has 3 heteroatoms. The molecule has 2 nitrogen and oxygen atoms in total. The smallest absolute Gasteiger partial charge is 0.00966 e. The van der Waals surface area contributed by atoms with Gasteiger partial charge in [-0.25, -0.2) is 0 Å². The van der Waals surface area contributed by atoms with E-state index < -0.39 is 0 Å². The fourth-order valence-electron chi connectivity index (χ4n) is 2.49. The first-order valence-corrected chi connectivity index (χ1v) is 8.87. The third kappa shape index (κ3) is 7.65. The predicted octanol–water partition coefficient (Wildman–Crippen LogP) is 3.23. The van der Waals surface area contributed by atoms with Crippen molar-refractivity contribution in [3.8, 4) is 0 Å². The topological polar surface area (TPSA) is 15.3 Å². The van der Waals surface area contributed by atoms with Gasteiger partial charge in [0.15, 0.2) is 0 Å². The van der Waals surface area contributed by atoms with Crippen molar-refractivity contribution in [1.29, 1.82) is 0 Å². The summed E-state index contributed by atoms with van der Waals surface area (Å²) < 4.78 is 0. The van der Waals surface area contributed by atoms with Gasteiger partial charge in [0.25, 0.3) is 0 Å². The number of thioether (sulfide) groups is 1. The number of hydrogen-bond donors (Lipinski definition) is 1. The summed E-state index contributed by atoms with van der Waals surface area (Å²) in [4.78, 5) is 2.66. The maximum atomic E-state index is 3.64. The SMILES string of the molecule is CSCCCCCN1CCC(CNC(C)(C)C)C1. The first-order valence-electron chi connectivity index (χ1n) is 7.47. The molecule has 1 aliphatic rings. The summed E-state index contributed by atoms with van der Waals surface area (Å²) in [6, 6.07) is 0. The second-order valence-electron chi connectivity index (χ2n) is 6.64. The Bertz CT molecular complexity index is 213. The number of likely N-dealkylation sites (tertiary alicyclic amines) is 1. The highest BCUT2D eigenvalue weighted by atomic mass is 32.2. The van der Waals surface area contributed by atoms with E-state index in [0.29, 0.717) is 0 Å². The standard InChI is InChI=1S/C15H32N2S/c1-15(2,3)16-12-14-8-10-17(13-14)9-6-5-7-11-18-4/h14,16H,5-13H2,1-4H3. The van der Waals surface area contributed by atoms with Crippen LogP contribution in [0.1, 0.15) is 46.5 Å². The van der Waals surface area contributed by atoms with Crippen LogP contribution in [0.5, 0.6) is 0 Å². The lowest BCUT2D eigenvalue weighted by Crippen LogP contribution is -2.39. The maximum Gasteiger partial charge on any atom is 0.00966 e. The van der Waals surface area contributed by atoms with Crippen molar-refractivity contribution >= 4 is 11.8 Å². The van der Waals surface area contributed by atoms with Gasteiger partial charge in [-0.3, -0.25) is 0 Å². The highest BCUT2D eigenvalue weighted by Crippen LogP contribution is 2.17. The average molecular weight is 273 g/mol. The molecule has 108 valence electrons. The molecule has 1 atom stereocenters. The summed E-state index contributed by atoms with van der Waals surface area (Å²) in [6.45, 7) is 11.9. The Balaban J connectivity index is 2.03. The molecule has 1 saturated heterocycles.